The number of hydrogen-bond donors (Lipinski definition) is 1. The van der Waals surface area contributed by atoms with Crippen molar-refractivity contribution in [3.63, 3.8) is 0 Å². The summed E-state index contributed by atoms with van der Waals surface area (Å²) in [6.45, 7) is 3.90. The SMILES string of the molecule is Cc1noc(C)c1S(=O)(=O)Nc1cc2c3c(c1)CC(=O)N3CCC2. The number of aromatic nitrogens is 1. The Morgan fingerprint density at radius 3 is 2.71 bits per heavy atom. The number of amides is 1. The van der Waals surface area contributed by atoms with Crippen molar-refractivity contribution < 1.29 is 17.7 Å². The van der Waals surface area contributed by atoms with Crippen LogP contribution in [0.2, 0.25) is 0 Å². The lowest BCUT2D eigenvalue weighted by molar-refractivity contribution is -0.117. The average molecular weight is 347 g/mol. The van der Waals surface area contributed by atoms with Gasteiger partial charge in [-0.3, -0.25) is 9.52 Å². The first-order chi connectivity index (χ1) is 11.4. The molecule has 1 aromatic heterocycles. The molecule has 0 radical (unpaired) electrons. The van der Waals surface area contributed by atoms with Crippen LogP contribution >= 0.6 is 0 Å². The standard InChI is InChI=1S/C16H17N3O4S/c1-9-16(10(2)23-17-9)24(21,22)18-13-6-11-4-3-5-19-14(20)8-12(7-13)15(11)19/h6-7,18H,3-5,8H2,1-2H3. The molecule has 0 unspecified atom stereocenters. The van der Waals surface area contributed by atoms with Crippen LogP contribution in [0.25, 0.3) is 0 Å². The maximum atomic E-state index is 12.7. The molecule has 2 aliphatic heterocycles. The smallest absolute Gasteiger partial charge is 0.267 e. The van der Waals surface area contributed by atoms with Gasteiger partial charge in [0.2, 0.25) is 5.91 Å². The Labute approximate surface area is 139 Å². The number of hydrogen-bond acceptors (Lipinski definition) is 5. The first-order valence-electron chi connectivity index (χ1n) is 7.78. The van der Waals surface area contributed by atoms with Gasteiger partial charge in [0.05, 0.1) is 12.1 Å². The third-order valence-corrected chi connectivity index (χ3v) is 6.12. The van der Waals surface area contributed by atoms with Crippen LogP contribution < -0.4 is 9.62 Å². The summed E-state index contributed by atoms with van der Waals surface area (Å²) in [5, 5.41) is 3.70. The minimum atomic E-state index is -3.79. The Morgan fingerprint density at radius 2 is 2.00 bits per heavy atom. The molecule has 3 heterocycles. The summed E-state index contributed by atoms with van der Waals surface area (Å²) in [5.41, 5.74) is 3.66. The molecule has 0 saturated heterocycles. The minimum Gasteiger partial charge on any atom is -0.360 e. The van der Waals surface area contributed by atoms with Gasteiger partial charge in [0.15, 0.2) is 10.7 Å². The van der Waals surface area contributed by atoms with E-state index in [0.717, 1.165) is 36.2 Å². The van der Waals surface area contributed by atoms with Gasteiger partial charge in [0.25, 0.3) is 10.0 Å². The summed E-state index contributed by atoms with van der Waals surface area (Å²) in [6.07, 6.45) is 2.05. The van der Waals surface area contributed by atoms with Gasteiger partial charge in [-0.1, -0.05) is 5.16 Å². The second kappa shape index (κ2) is 5.07. The van der Waals surface area contributed by atoms with Gasteiger partial charge >= 0.3 is 0 Å². The van der Waals surface area contributed by atoms with Crippen LogP contribution in [-0.2, 0) is 27.7 Å². The highest BCUT2D eigenvalue weighted by atomic mass is 32.2. The largest absolute Gasteiger partial charge is 0.360 e. The fourth-order valence-electron chi connectivity index (χ4n) is 3.60. The highest BCUT2D eigenvalue weighted by Crippen LogP contribution is 2.39. The van der Waals surface area contributed by atoms with Crippen molar-refractivity contribution in [2.45, 2.75) is 38.0 Å². The predicted molar refractivity (Wildman–Crippen MR) is 87.6 cm³/mol. The van der Waals surface area contributed by atoms with Crippen LogP contribution in [-0.4, -0.2) is 26.0 Å². The number of anilines is 2. The van der Waals surface area contributed by atoms with Crippen molar-refractivity contribution in [3.05, 3.63) is 34.7 Å². The number of sulfonamides is 1. The normalized spacial score (nSPS) is 16.4. The van der Waals surface area contributed by atoms with Crippen molar-refractivity contribution in [3.8, 4) is 0 Å². The van der Waals surface area contributed by atoms with Crippen LogP contribution in [0.4, 0.5) is 11.4 Å². The van der Waals surface area contributed by atoms with E-state index in [0.29, 0.717) is 17.8 Å². The Hall–Kier alpha value is -2.35. The van der Waals surface area contributed by atoms with Crippen molar-refractivity contribution in [1.82, 2.24) is 5.16 Å². The topological polar surface area (TPSA) is 92.5 Å². The maximum absolute atomic E-state index is 12.7. The molecule has 7 nitrogen and oxygen atoms in total. The van der Waals surface area contributed by atoms with Crippen molar-refractivity contribution in [2.75, 3.05) is 16.2 Å². The Kier molecular flexibility index (Phi) is 3.21. The van der Waals surface area contributed by atoms with Crippen molar-refractivity contribution >= 4 is 27.3 Å². The summed E-state index contributed by atoms with van der Waals surface area (Å²) in [7, 11) is -3.79. The second-order valence-electron chi connectivity index (χ2n) is 6.23. The van der Waals surface area contributed by atoms with E-state index in [2.05, 4.69) is 9.88 Å². The van der Waals surface area contributed by atoms with E-state index in [9.17, 15) is 13.2 Å². The van der Waals surface area contributed by atoms with Crippen LogP contribution in [0.15, 0.2) is 21.6 Å². The van der Waals surface area contributed by atoms with Crippen LogP contribution in [0, 0.1) is 13.8 Å². The molecule has 4 rings (SSSR count). The van der Waals surface area contributed by atoms with Gasteiger partial charge in [-0.2, -0.15) is 0 Å². The number of aryl methyl sites for hydroxylation is 3. The molecule has 2 aromatic rings. The van der Waals surface area contributed by atoms with Crippen LogP contribution in [0.1, 0.15) is 29.0 Å². The summed E-state index contributed by atoms with van der Waals surface area (Å²) in [5.74, 6) is 0.334. The average Bonchev–Trinajstić information content (AvgIpc) is 3.00. The fourth-order valence-corrected chi connectivity index (χ4v) is 4.97. The molecule has 1 amide bonds. The highest BCUT2D eigenvalue weighted by Gasteiger charge is 2.33. The lowest BCUT2D eigenvalue weighted by Gasteiger charge is -2.26. The Morgan fingerprint density at radius 1 is 1.25 bits per heavy atom. The predicted octanol–water partition coefficient (Wildman–Crippen LogP) is 1.93. The van der Waals surface area contributed by atoms with Crippen LogP contribution in [0.3, 0.4) is 0 Å². The first-order valence-corrected chi connectivity index (χ1v) is 9.27. The fraction of sp³-hybridized carbons (Fsp3) is 0.375. The number of benzene rings is 1. The van der Waals surface area contributed by atoms with Gasteiger partial charge in [0, 0.05) is 12.2 Å². The monoisotopic (exact) mass is 347 g/mol. The van der Waals surface area contributed by atoms with Gasteiger partial charge < -0.3 is 9.42 Å². The van der Waals surface area contributed by atoms with Crippen LogP contribution in [0.5, 0.6) is 0 Å². The van der Waals surface area contributed by atoms with E-state index in [-0.39, 0.29) is 16.6 Å². The summed E-state index contributed by atoms with van der Waals surface area (Å²) < 4.78 is 32.9. The van der Waals surface area contributed by atoms with Crippen molar-refractivity contribution in [1.29, 1.82) is 0 Å². The summed E-state index contributed by atoms with van der Waals surface area (Å²) >= 11 is 0. The number of nitrogens with one attached hydrogen (secondary N) is 1. The van der Waals surface area contributed by atoms with E-state index in [1.165, 1.54) is 0 Å². The van der Waals surface area contributed by atoms with Gasteiger partial charge in [0.1, 0.15) is 5.69 Å². The quantitative estimate of drug-likeness (QED) is 0.916. The lowest BCUT2D eigenvalue weighted by Crippen LogP contribution is -2.31. The number of rotatable bonds is 3. The van der Waals surface area contributed by atoms with E-state index < -0.39 is 10.0 Å². The molecular formula is C16H17N3O4S. The zero-order valence-electron chi connectivity index (χ0n) is 13.4. The molecular weight excluding hydrogens is 330 g/mol. The molecule has 126 valence electrons. The second-order valence-corrected chi connectivity index (χ2v) is 7.85. The molecule has 0 atom stereocenters. The molecule has 1 N–H and O–H groups in total. The number of nitrogens with zero attached hydrogens (tertiary/aromatic N) is 2. The van der Waals surface area contributed by atoms with Gasteiger partial charge in [-0.15, -0.1) is 0 Å². The van der Waals surface area contributed by atoms with E-state index >= 15 is 0 Å². The molecule has 0 fully saturated rings. The zero-order chi connectivity index (χ0) is 17.1. The molecule has 24 heavy (non-hydrogen) atoms. The zero-order valence-corrected chi connectivity index (χ0v) is 14.2. The molecule has 8 heteroatoms. The highest BCUT2D eigenvalue weighted by molar-refractivity contribution is 7.92. The molecule has 0 bridgehead atoms. The number of carbonyl (C=O) groups excluding carboxylic acids is 1. The third kappa shape index (κ3) is 2.21. The molecule has 1 aromatic carbocycles. The van der Waals surface area contributed by atoms with Crippen molar-refractivity contribution in [2.24, 2.45) is 0 Å². The molecule has 0 spiro atoms. The summed E-state index contributed by atoms with van der Waals surface area (Å²) in [6, 6.07) is 3.57. The maximum Gasteiger partial charge on any atom is 0.267 e. The van der Waals surface area contributed by atoms with Gasteiger partial charge in [-0.25, -0.2) is 8.42 Å². The lowest BCUT2D eigenvalue weighted by atomic mass is 9.99. The van der Waals surface area contributed by atoms with Gasteiger partial charge in [-0.05, 0) is 49.9 Å². The first kappa shape index (κ1) is 15.2. The molecule has 0 saturated carbocycles. The molecule has 0 aliphatic carbocycles. The van der Waals surface area contributed by atoms with E-state index in [1.807, 2.05) is 6.07 Å². The summed E-state index contributed by atoms with van der Waals surface area (Å²) in [4.78, 5) is 14.0. The Bertz CT molecular complexity index is 942. The Balaban J connectivity index is 1.75. The van der Waals surface area contributed by atoms with E-state index in [1.54, 1.807) is 24.8 Å². The van der Waals surface area contributed by atoms with E-state index in [4.69, 9.17) is 4.52 Å². The minimum absolute atomic E-state index is 0.0642. The number of carbonyl (C=O) groups is 1. The molecule has 2 aliphatic rings. The third-order valence-electron chi connectivity index (χ3n) is 4.50.